The Morgan fingerprint density at radius 1 is 0.789 bits per heavy atom. The Balaban J connectivity index is 1.17. The van der Waals surface area contributed by atoms with Crippen LogP contribution in [0.3, 0.4) is 0 Å². The molecule has 19 nitrogen and oxygen atoms in total. The van der Waals surface area contributed by atoms with Gasteiger partial charge in [0.25, 0.3) is 0 Å². The summed E-state index contributed by atoms with van der Waals surface area (Å²) >= 11 is 0. The van der Waals surface area contributed by atoms with Crippen LogP contribution in [0.15, 0.2) is 41.5 Å². The molecule has 7 N–H and O–H groups in total. The molecule has 0 bridgehead atoms. The lowest BCUT2D eigenvalue weighted by molar-refractivity contribution is -0.399. The zero-order chi connectivity index (χ0) is 56.9. The van der Waals surface area contributed by atoms with Crippen molar-refractivity contribution in [2.75, 3.05) is 66.1 Å². The topological polar surface area (TPSA) is 284 Å². The molecular formula is C48H59F9O19. The molecule has 0 aromatic heterocycles. The molecule has 0 amide bonds. The molecule has 0 spiro atoms. The quantitative estimate of drug-likeness (QED) is 0.0288. The number of aliphatic hydroxyl groups is 7. The molecule has 76 heavy (non-hydrogen) atoms. The molecular weight excluding hydrogens is 1050 g/mol. The number of rotatable bonds is 22. The monoisotopic (exact) mass is 1110 g/mol. The van der Waals surface area contributed by atoms with E-state index in [1.54, 1.807) is 0 Å². The Hall–Kier alpha value is -4.33. The lowest BCUT2D eigenvalue weighted by Crippen LogP contribution is -2.66. The number of ether oxygens (including phenoxy) is 8. The van der Waals surface area contributed by atoms with Crippen molar-refractivity contribution in [2.24, 2.45) is 29.1 Å². The summed E-state index contributed by atoms with van der Waals surface area (Å²) in [7, 11) is 0. The molecule has 1 saturated heterocycles. The highest BCUT2D eigenvalue weighted by Crippen LogP contribution is 2.77. The van der Waals surface area contributed by atoms with E-state index in [1.165, 1.54) is 39.8 Å². The highest BCUT2D eigenvalue weighted by atomic mass is 19.4. The summed E-state index contributed by atoms with van der Waals surface area (Å²) in [5, 5.41) is 74.1. The standard InChI is InChI=1S/C48H59F9O19/c1-22-16-31-42(67,36(22)64)19-25(20-58)17-29-35-41(4,5)44(35,76-24(3)60)37(23(2)43(29,31)68)75-39(66)27-7-6-26(18-28(27)45(49,50)46(51,52)47(53,54)48(55,56)57)38(65)72-14-12-70-10-8-69-9-11-71-13-15-73-40-34(63)33(62)32(61)30(21-59)74-40/h6-7,16-18,23,29-35,37,40,58-59,61-63,67-68H,8-15,19-21H2,1-5H3/t23-,29+,30-,31-,32-,33+,34-,35-,37-,40?,42-,43-,44-/m1/s1. The summed E-state index contributed by atoms with van der Waals surface area (Å²) in [6.07, 6.45) is -14.6. The van der Waals surface area contributed by atoms with E-state index in [0.717, 1.165) is 6.92 Å². The average Bonchev–Trinajstić information content (AvgIpc) is 3.77. The van der Waals surface area contributed by atoms with Crippen LogP contribution in [-0.2, 0) is 53.4 Å². The fourth-order valence-corrected chi connectivity index (χ4v) is 11.1. The van der Waals surface area contributed by atoms with Gasteiger partial charge in [-0.25, -0.2) is 9.59 Å². The number of Topliss-reactive ketones (excluding diaryl/α,β-unsaturated/α-hetero) is 1. The molecule has 28 heteroatoms. The molecule has 1 heterocycles. The van der Waals surface area contributed by atoms with Crippen molar-refractivity contribution in [2.45, 2.75) is 119 Å². The fourth-order valence-electron chi connectivity index (χ4n) is 11.1. The largest absolute Gasteiger partial charge is 0.460 e. The van der Waals surface area contributed by atoms with Crippen molar-refractivity contribution in [3.05, 3.63) is 58.2 Å². The third-order valence-corrected chi connectivity index (χ3v) is 15.0. The predicted molar refractivity (Wildman–Crippen MR) is 234 cm³/mol. The molecule has 3 fully saturated rings. The van der Waals surface area contributed by atoms with Gasteiger partial charge in [0, 0.05) is 48.0 Å². The number of alkyl halides is 9. The molecule has 2 saturated carbocycles. The van der Waals surface area contributed by atoms with Crippen LogP contribution in [0.1, 0.15) is 67.3 Å². The second kappa shape index (κ2) is 22.1. The fraction of sp³-hybridized carbons (Fsp3) is 0.708. The molecule has 0 radical (unpaired) electrons. The molecule has 6 rings (SSSR count). The second-order valence-corrected chi connectivity index (χ2v) is 19.9. The van der Waals surface area contributed by atoms with E-state index >= 15 is 17.6 Å². The minimum absolute atomic E-state index is 0.00481. The van der Waals surface area contributed by atoms with Crippen molar-refractivity contribution in [1.29, 1.82) is 0 Å². The molecule has 1 aromatic carbocycles. The highest BCUT2D eigenvalue weighted by molar-refractivity contribution is 6.05. The van der Waals surface area contributed by atoms with Gasteiger partial charge in [0.2, 0.25) is 0 Å². The van der Waals surface area contributed by atoms with Gasteiger partial charge in [-0.15, -0.1) is 0 Å². The van der Waals surface area contributed by atoms with Crippen LogP contribution in [-0.4, -0.2) is 197 Å². The Bertz CT molecular complexity index is 2400. The maximum absolute atomic E-state index is 16.1. The van der Waals surface area contributed by atoms with E-state index in [4.69, 9.17) is 37.9 Å². The molecule has 13 atom stereocenters. The second-order valence-electron chi connectivity index (χ2n) is 19.9. The number of halogens is 9. The third kappa shape index (κ3) is 10.3. The van der Waals surface area contributed by atoms with Gasteiger partial charge < -0.3 is 73.6 Å². The molecule has 1 unspecified atom stereocenters. The summed E-state index contributed by atoms with van der Waals surface area (Å²) in [5.41, 5.74) is -13.9. The van der Waals surface area contributed by atoms with Crippen LogP contribution in [0.4, 0.5) is 39.5 Å². The van der Waals surface area contributed by atoms with Crippen LogP contribution in [0, 0.1) is 29.1 Å². The highest BCUT2D eigenvalue weighted by Gasteiger charge is 2.88. The van der Waals surface area contributed by atoms with E-state index in [2.05, 4.69) is 0 Å². The van der Waals surface area contributed by atoms with Gasteiger partial charge in [-0.1, -0.05) is 32.9 Å². The lowest BCUT2D eigenvalue weighted by Gasteiger charge is -2.53. The van der Waals surface area contributed by atoms with Gasteiger partial charge in [-0.2, -0.15) is 39.5 Å². The minimum atomic E-state index is -7.48. The zero-order valence-electron chi connectivity index (χ0n) is 41.4. The van der Waals surface area contributed by atoms with Gasteiger partial charge in [-0.05, 0) is 36.3 Å². The Morgan fingerprint density at radius 2 is 1.37 bits per heavy atom. The minimum Gasteiger partial charge on any atom is -0.460 e. The van der Waals surface area contributed by atoms with E-state index in [1.807, 2.05) is 0 Å². The van der Waals surface area contributed by atoms with E-state index < -0.39 is 180 Å². The number of ketones is 1. The lowest BCUT2D eigenvalue weighted by atomic mass is 9.59. The summed E-state index contributed by atoms with van der Waals surface area (Å²) in [6, 6.07) is 0.415. The van der Waals surface area contributed by atoms with Gasteiger partial charge in [0.15, 0.2) is 17.7 Å². The van der Waals surface area contributed by atoms with Crippen LogP contribution in [0.5, 0.6) is 0 Å². The van der Waals surface area contributed by atoms with Crippen molar-refractivity contribution in [3.8, 4) is 0 Å². The van der Waals surface area contributed by atoms with E-state index in [-0.39, 0.29) is 62.9 Å². The summed E-state index contributed by atoms with van der Waals surface area (Å²) in [5.74, 6) is -32.9. The van der Waals surface area contributed by atoms with Crippen molar-refractivity contribution in [1.82, 2.24) is 0 Å². The summed E-state index contributed by atoms with van der Waals surface area (Å²) in [6.45, 7) is 3.44. The van der Waals surface area contributed by atoms with Crippen LogP contribution in [0.25, 0.3) is 0 Å². The molecule has 428 valence electrons. The SMILES string of the molecule is CC(=O)O[C@@]12[C@H](OC(=O)c3ccc(C(=O)OCCOCCOCCOCCOC4O[C@H](CO)[C@@H](O)[C@H](O)[C@H]4O)cc3C(F)(F)C(F)(F)C(F)(F)C(F)(F)F)[C@@H](C)[C@@]3(O)[C@@H](C=C(CO)C[C@]4(O)C(=O)C(C)=C[C@@H]34)[C@@H]1C2(C)C. The first-order chi connectivity index (χ1) is 35.2. The third-order valence-electron chi connectivity index (χ3n) is 15.0. The van der Waals surface area contributed by atoms with E-state index in [0.29, 0.717) is 6.07 Å². The number of benzene rings is 1. The van der Waals surface area contributed by atoms with Gasteiger partial charge in [-0.3, -0.25) is 9.59 Å². The Morgan fingerprint density at radius 3 is 1.92 bits per heavy atom. The first-order valence-electron chi connectivity index (χ1n) is 23.7. The number of esters is 3. The smallest absolute Gasteiger partial charge is 0.460 e. The molecule has 1 aliphatic heterocycles. The van der Waals surface area contributed by atoms with Gasteiger partial charge in [0.05, 0.1) is 76.2 Å². The maximum atomic E-state index is 16.1. The molecule has 1 aromatic rings. The van der Waals surface area contributed by atoms with Crippen LogP contribution in [0.2, 0.25) is 0 Å². The van der Waals surface area contributed by atoms with Crippen molar-refractivity contribution in [3.63, 3.8) is 0 Å². The Labute approximate surface area is 427 Å². The van der Waals surface area contributed by atoms with Gasteiger partial charge in [0.1, 0.15) is 42.7 Å². The molecule has 5 aliphatic rings. The summed E-state index contributed by atoms with van der Waals surface area (Å²) < 4.78 is 175. The first kappa shape index (κ1) is 60.9. The number of aliphatic hydroxyl groups excluding tert-OH is 5. The number of hydrogen-bond donors (Lipinski definition) is 7. The molecule has 4 aliphatic carbocycles. The van der Waals surface area contributed by atoms with Crippen molar-refractivity contribution < 1.29 is 132 Å². The summed E-state index contributed by atoms with van der Waals surface area (Å²) in [4.78, 5) is 53.7. The average molecular weight is 1110 g/mol. The normalized spacial score (nSPS) is 33.2. The van der Waals surface area contributed by atoms with Crippen LogP contribution < -0.4 is 0 Å². The number of carbonyl (C=O) groups is 4. The number of carbonyl (C=O) groups excluding carboxylic acids is 4. The number of hydrogen-bond acceptors (Lipinski definition) is 19. The predicted octanol–water partition coefficient (Wildman–Crippen LogP) is 2.31. The van der Waals surface area contributed by atoms with Crippen LogP contribution >= 0.6 is 0 Å². The zero-order valence-corrected chi connectivity index (χ0v) is 41.4. The van der Waals surface area contributed by atoms with Crippen molar-refractivity contribution >= 4 is 23.7 Å². The maximum Gasteiger partial charge on any atom is 0.460 e. The number of fused-ring (bicyclic) bond motifs is 5. The van der Waals surface area contributed by atoms with Gasteiger partial charge >= 0.3 is 41.9 Å². The van der Waals surface area contributed by atoms with E-state index in [9.17, 15) is 76.9 Å². The first-order valence-corrected chi connectivity index (χ1v) is 23.7. The Kier molecular flexibility index (Phi) is 17.7.